The summed E-state index contributed by atoms with van der Waals surface area (Å²) in [6.45, 7) is 0.756. The topological polar surface area (TPSA) is 55.1 Å². The number of fused-ring (bicyclic) bond motifs is 1. The summed E-state index contributed by atoms with van der Waals surface area (Å²) in [5.74, 6) is 0.131. The van der Waals surface area contributed by atoms with Gasteiger partial charge in [-0.15, -0.1) is 0 Å². The molecule has 0 bridgehead atoms. The molecule has 3 heteroatoms. The molecule has 0 saturated heterocycles. The lowest BCUT2D eigenvalue weighted by atomic mass is 9.94. The van der Waals surface area contributed by atoms with E-state index < -0.39 is 0 Å². The minimum atomic E-state index is 0.131. The second-order valence-electron chi connectivity index (χ2n) is 4.24. The molecule has 0 aromatic heterocycles. The Morgan fingerprint density at radius 3 is 2.94 bits per heavy atom. The van der Waals surface area contributed by atoms with Gasteiger partial charge in [0, 0.05) is 12.1 Å². The molecule has 0 radical (unpaired) electrons. The molecular formula is C13H18N2O. The Morgan fingerprint density at radius 2 is 2.12 bits per heavy atom. The zero-order valence-electron chi connectivity index (χ0n) is 9.46. The van der Waals surface area contributed by atoms with Gasteiger partial charge < -0.3 is 11.1 Å². The molecule has 0 atom stereocenters. The Labute approximate surface area is 96.0 Å². The van der Waals surface area contributed by atoms with Gasteiger partial charge in [0.2, 0.25) is 5.91 Å². The quantitative estimate of drug-likeness (QED) is 0.758. The lowest BCUT2D eigenvalue weighted by Crippen LogP contribution is -2.20. The summed E-state index contributed by atoms with van der Waals surface area (Å²) in [6, 6.07) is 6.16. The van der Waals surface area contributed by atoms with Crippen LogP contribution in [0.3, 0.4) is 0 Å². The first-order chi connectivity index (χ1) is 7.81. The van der Waals surface area contributed by atoms with Crippen LogP contribution in [0.15, 0.2) is 18.2 Å². The number of unbranched alkanes of at least 4 members (excludes halogenated alkanes) is 1. The maximum Gasteiger partial charge on any atom is 0.224 e. The number of rotatable bonds is 4. The third-order valence-corrected chi connectivity index (χ3v) is 3.05. The van der Waals surface area contributed by atoms with Gasteiger partial charge in [0.15, 0.2) is 0 Å². The van der Waals surface area contributed by atoms with E-state index in [1.165, 1.54) is 11.1 Å². The Morgan fingerprint density at radius 1 is 1.25 bits per heavy atom. The molecule has 1 aromatic rings. The lowest BCUT2D eigenvalue weighted by molar-refractivity contribution is -0.116. The van der Waals surface area contributed by atoms with E-state index in [0.29, 0.717) is 6.42 Å². The van der Waals surface area contributed by atoms with Gasteiger partial charge in [-0.1, -0.05) is 12.1 Å². The summed E-state index contributed by atoms with van der Waals surface area (Å²) >= 11 is 0. The number of carbonyl (C=O) groups excluding carboxylic acids is 1. The molecule has 1 amide bonds. The van der Waals surface area contributed by atoms with Crippen molar-refractivity contribution in [3.63, 3.8) is 0 Å². The van der Waals surface area contributed by atoms with Gasteiger partial charge in [-0.3, -0.25) is 4.79 Å². The zero-order valence-corrected chi connectivity index (χ0v) is 9.46. The molecule has 0 aliphatic carbocycles. The van der Waals surface area contributed by atoms with Crippen molar-refractivity contribution in [2.24, 2.45) is 5.73 Å². The first-order valence-corrected chi connectivity index (χ1v) is 5.92. The van der Waals surface area contributed by atoms with Crippen LogP contribution in [0.2, 0.25) is 0 Å². The summed E-state index contributed by atoms with van der Waals surface area (Å²) in [5, 5.41) is 2.93. The number of anilines is 1. The van der Waals surface area contributed by atoms with Crippen LogP contribution in [0.4, 0.5) is 5.69 Å². The molecule has 16 heavy (non-hydrogen) atoms. The van der Waals surface area contributed by atoms with Crippen LogP contribution in [0.5, 0.6) is 0 Å². The lowest BCUT2D eigenvalue weighted by Gasteiger charge is -2.19. The van der Waals surface area contributed by atoms with Gasteiger partial charge in [0.25, 0.3) is 0 Å². The van der Waals surface area contributed by atoms with Crippen molar-refractivity contribution in [1.29, 1.82) is 0 Å². The van der Waals surface area contributed by atoms with Crippen molar-refractivity contribution in [2.45, 2.75) is 32.1 Å². The van der Waals surface area contributed by atoms with E-state index in [4.69, 9.17) is 5.73 Å². The Bertz CT molecular complexity index is 388. The predicted octanol–water partition coefficient (Wildman–Crippen LogP) is 1.85. The number of aryl methyl sites for hydroxylation is 1. The Balaban J connectivity index is 2.13. The standard InChI is InChI=1S/C13H18N2O/c14-9-2-1-4-10-5-3-6-12-11(10)7-8-13(16)15-12/h3,5-6H,1-2,4,7-9,14H2,(H,15,16). The van der Waals surface area contributed by atoms with Crippen molar-refractivity contribution in [3.8, 4) is 0 Å². The van der Waals surface area contributed by atoms with Gasteiger partial charge >= 0.3 is 0 Å². The Kier molecular flexibility index (Phi) is 3.57. The van der Waals surface area contributed by atoms with E-state index in [2.05, 4.69) is 11.4 Å². The van der Waals surface area contributed by atoms with E-state index in [1.54, 1.807) is 0 Å². The molecule has 0 fully saturated rings. The maximum absolute atomic E-state index is 11.3. The van der Waals surface area contributed by atoms with Crippen molar-refractivity contribution >= 4 is 11.6 Å². The summed E-state index contributed by atoms with van der Waals surface area (Å²) in [4.78, 5) is 11.3. The molecule has 2 rings (SSSR count). The fourth-order valence-electron chi connectivity index (χ4n) is 2.19. The average molecular weight is 218 g/mol. The van der Waals surface area contributed by atoms with Crippen molar-refractivity contribution in [2.75, 3.05) is 11.9 Å². The summed E-state index contributed by atoms with van der Waals surface area (Å²) in [7, 11) is 0. The van der Waals surface area contributed by atoms with E-state index in [-0.39, 0.29) is 5.91 Å². The molecular weight excluding hydrogens is 200 g/mol. The van der Waals surface area contributed by atoms with Crippen LogP contribution < -0.4 is 11.1 Å². The van der Waals surface area contributed by atoms with Crippen molar-refractivity contribution in [3.05, 3.63) is 29.3 Å². The van der Waals surface area contributed by atoms with Crippen molar-refractivity contribution < 1.29 is 4.79 Å². The molecule has 0 unspecified atom stereocenters. The normalized spacial score (nSPS) is 14.4. The molecule has 1 aromatic carbocycles. The van der Waals surface area contributed by atoms with Crippen LogP contribution in [-0.2, 0) is 17.6 Å². The van der Waals surface area contributed by atoms with E-state index in [9.17, 15) is 4.79 Å². The van der Waals surface area contributed by atoms with E-state index in [1.807, 2.05) is 12.1 Å². The fourth-order valence-corrected chi connectivity index (χ4v) is 2.19. The highest BCUT2D eigenvalue weighted by atomic mass is 16.1. The zero-order chi connectivity index (χ0) is 11.4. The molecule has 1 heterocycles. The highest BCUT2D eigenvalue weighted by Gasteiger charge is 2.16. The second kappa shape index (κ2) is 5.12. The van der Waals surface area contributed by atoms with Crippen molar-refractivity contribution in [1.82, 2.24) is 0 Å². The number of nitrogens with two attached hydrogens (primary N) is 1. The SMILES string of the molecule is NCCCCc1cccc2c1CCC(=O)N2. The third kappa shape index (κ3) is 2.42. The van der Waals surface area contributed by atoms with Crippen LogP contribution in [0, 0.1) is 0 Å². The number of hydrogen-bond donors (Lipinski definition) is 2. The molecule has 1 aliphatic rings. The molecule has 3 nitrogen and oxygen atoms in total. The number of amides is 1. The fraction of sp³-hybridized carbons (Fsp3) is 0.462. The van der Waals surface area contributed by atoms with Gasteiger partial charge in [-0.2, -0.15) is 0 Å². The summed E-state index contributed by atoms with van der Waals surface area (Å²) in [6.07, 6.45) is 4.74. The van der Waals surface area contributed by atoms with Crippen LogP contribution in [0.25, 0.3) is 0 Å². The first-order valence-electron chi connectivity index (χ1n) is 5.92. The van der Waals surface area contributed by atoms with E-state index >= 15 is 0 Å². The molecule has 86 valence electrons. The summed E-state index contributed by atoms with van der Waals surface area (Å²) in [5.41, 5.74) is 9.18. The molecule has 3 N–H and O–H groups in total. The maximum atomic E-state index is 11.3. The Hall–Kier alpha value is -1.35. The number of hydrogen-bond acceptors (Lipinski definition) is 2. The molecule has 0 spiro atoms. The smallest absolute Gasteiger partial charge is 0.224 e. The first kappa shape index (κ1) is 11.1. The highest BCUT2D eigenvalue weighted by molar-refractivity contribution is 5.94. The molecule has 0 saturated carbocycles. The van der Waals surface area contributed by atoms with Crippen LogP contribution >= 0.6 is 0 Å². The van der Waals surface area contributed by atoms with Gasteiger partial charge in [0.1, 0.15) is 0 Å². The monoisotopic (exact) mass is 218 g/mol. The number of nitrogens with one attached hydrogen (secondary N) is 1. The molecule has 1 aliphatic heterocycles. The minimum Gasteiger partial charge on any atom is -0.330 e. The number of carbonyl (C=O) groups is 1. The van der Waals surface area contributed by atoms with Gasteiger partial charge in [-0.25, -0.2) is 0 Å². The number of benzene rings is 1. The predicted molar refractivity (Wildman–Crippen MR) is 65.4 cm³/mol. The largest absolute Gasteiger partial charge is 0.330 e. The second-order valence-corrected chi connectivity index (χ2v) is 4.24. The van der Waals surface area contributed by atoms with E-state index in [0.717, 1.165) is 37.9 Å². The van der Waals surface area contributed by atoms with Gasteiger partial charge in [0.05, 0.1) is 0 Å². The summed E-state index contributed by atoms with van der Waals surface area (Å²) < 4.78 is 0. The van der Waals surface area contributed by atoms with Gasteiger partial charge in [-0.05, 0) is 49.4 Å². The van der Waals surface area contributed by atoms with Crippen LogP contribution in [-0.4, -0.2) is 12.5 Å². The average Bonchev–Trinajstić information content (AvgIpc) is 2.29. The third-order valence-electron chi connectivity index (χ3n) is 3.05. The van der Waals surface area contributed by atoms with Crippen LogP contribution in [0.1, 0.15) is 30.4 Å². The highest BCUT2D eigenvalue weighted by Crippen LogP contribution is 2.26. The minimum absolute atomic E-state index is 0.131.